The Morgan fingerprint density at radius 1 is 1.00 bits per heavy atom. The number of rotatable bonds is 9. The van der Waals surface area contributed by atoms with Crippen molar-refractivity contribution < 1.29 is 24.0 Å². The molecule has 2 aromatic carbocycles. The van der Waals surface area contributed by atoms with E-state index in [4.69, 9.17) is 4.74 Å². The standard InChI is InChI=1S/C22H27N3O4/c1-23-21(27)18-11-9-17(10-12-18)14-25(2)15-20(26)24-19(22(28)29-3)13-16-7-5-4-6-8-16/h4-12,19H,13-15H2,1-3H3,(H,23,27)(H,24,26)/p+1/t19-/m1/s1. The van der Waals surface area contributed by atoms with Crippen LogP contribution in [0.3, 0.4) is 0 Å². The Kier molecular flexibility index (Phi) is 8.36. The molecule has 2 atom stereocenters. The number of quaternary nitrogens is 1. The lowest BCUT2D eigenvalue weighted by Crippen LogP contribution is -3.09. The highest BCUT2D eigenvalue weighted by molar-refractivity contribution is 5.93. The van der Waals surface area contributed by atoms with Gasteiger partial charge in [-0.15, -0.1) is 0 Å². The highest BCUT2D eigenvalue weighted by Crippen LogP contribution is 2.05. The number of methoxy groups -OCH3 is 1. The van der Waals surface area contributed by atoms with Crippen molar-refractivity contribution in [3.8, 4) is 0 Å². The van der Waals surface area contributed by atoms with Crippen molar-refractivity contribution >= 4 is 17.8 Å². The normalized spacial score (nSPS) is 12.5. The van der Waals surface area contributed by atoms with Gasteiger partial charge in [0, 0.05) is 24.6 Å². The summed E-state index contributed by atoms with van der Waals surface area (Å²) in [7, 11) is 4.80. The number of hydrogen-bond acceptors (Lipinski definition) is 4. The highest BCUT2D eigenvalue weighted by Gasteiger charge is 2.23. The van der Waals surface area contributed by atoms with Gasteiger partial charge in [0.05, 0.1) is 14.2 Å². The minimum Gasteiger partial charge on any atom is -0.467 e. The zero-order valence-electron chi connectivity index (χ0n) is 17.0. The molecule has 0 aliphatic carbocycles. The molecule has 0 saturated carbocycles. The van der Waals surface area contributed by atoms with Gasteiger partial charge >= 0.3 is 5.97 Å². The van der Waals surface area contributed by atoms with E-state index in [1.54, 1.807) is 19.2 Å². The molecule has 154 valence electrons. The fraction of sp³-hybridized carbons (Fsp3) is 0.318. The van der Waals surface area contributed by atoms with Gasteiger partial charge in [-0.3, -0.25) is 9.59 Å². The summed E-state index contributed by atoms with van der Waals surface area (Å²) in [5, 5.41) is 5.36. The monoisotopic (exact) mass is 398 g/mol. The molecule has 0 bridgehead atoms. The minimum absolute atomic E-state index is 0.135. The van der Waals surface area contributed by atoms with Gasteiger partial charge in [0.15, 0.2) is 6.54 Å². The molecule has 7 heteroatoms. The molecule has 2 amide bonds. The Morgan fingerprint density at radius 2 is 1.66 bits per heavy atom. The molecule has 0 aliphatic rings. The molecule has 0 spiro atoms. The van der Waals surface area contributed by atoms with Crippen molar-refractivity contribution in [2.75, 3.05) is 27.7 Å². The van der Waals surface area contributed by atoms with Crippen LogP contribution in [0, 0.1) is 0 Å². The van der Waals surface area contributed by atoms with E-state index < -0.39 is 12.0 Å². The number of carbonyl (C=O) groups excluding carboxylic acids is 3. The van der Waals surface area contributed by atoms with E-state index in [9.17, 15) is 14.4 Å². The predicted molar refractivity (Wildman–Crippen MR) is 109 cm³/mol. The predicted octanol–water partition coefficient (Wildman–Crippen LogP) is -0.0386. The first-order valence-corrected chi connectivity index (χ1v) is 9.46. The summed E-state index contributed by atoms with van der Waals surface area (Å²) in [6.45, 7) is 0.822. The Labute approximate surface area is 171 Å². The van der Waals surface area contributed by atoms with Crippen LogP contribution in [-0.4, -0.2) is 51.6 Å². The Morgan fingerprint density at radius 3 is 2.24 bits per heavy atom. The van der Waals surface area contributed by atoms with Gasteiger partial charge < -0.3 is 20.3 Å². The molecule has 0 heterocycles. The lowest BCUT2D eigenvalue weighted by Gasteiger charge is -2.19. The van der Waals surface area contributed by atoms with Crippen LogP contribution in [-0.2, 0) is 27.3 Å². The number of benzene rings is 2. The molecule has 0 fully saturated rings. The molecule has 1 unspecified atom stereocenters. The van der Waals surface area contributed by atoms with E-state index in [0.29, 0.717) is 18.5 Å². The molecule has 0 radical (unpaired) electrons. The topological polar surface area (TPSA) is 88.9 Å². The van der Waals surface area contributed by atoms with Gasteiger partial charge in [-0.25, -0.2) is 4.79 Å². The molecular weight excluding hydrogens is 370 g/mol. The maximum atomic E-state index is 12.5. The zero-order valence-corrected chi connectivity index (χ0v) is 17.0. The molecular formula is C22H28N3O4+. The van der Waals surface area contributed by atoms with Crippen molar-refractivity contribution in [1.82, 2.24) is 10.6 Å². The molecule has 29 heavy (non-hydrogen) atoms. The van der Waals surface area contributed by atoms with E-state index in [1.165, 1.54) is 7.11 Å². The first kappa shape index (κ1) is 22.1. The quantitative estimate of drug-likeness (QED) is 0.517. The Balaban J connectivity index is 1.91. The number of amides is 2. The summed E-state index contributed by atoms with van der Waals surface area (Å²) in [5.41, 5.74) is 2.55. The number of esters is 1. The third-order valence-corrected chi connectivity index (χ3v) is 4.51. The molecule has 7 nitrogen and oxygen atoms in total. The van der Waals surface area contributed by atoms with Crippen LogP contribution < -0.4 is 15.5 Å². The van der Waals surface area contributed by atoms with Gasteiger partial charge in [0.1, 0.15) is 12.6 Å². The largest absolute Gasteiger partial charge is 0.467 e. The minimum atomic E-state index is -0.727. The lowest BCUT2D eigenvalue weighted by atomic mass is 10.1. The molecule has 3 N–H and O–H groups in total. The lowest BCUT2D eigenvalue weighted by molar-refractivity contribution is -0.885. The van der Waals surface area contributed by atoms with E-state index in [2.05, 4.69) is 10.6 Å². The Bertz CT molecular complexity index is 822. The average molecular weight is 398 g/mol. The van der Waals surface area contributed by atoms with Crippen LogP contribution in [0.15, 0.2) is 54.6 Å². The van der Waals surface area contributed by atoms with E-state index in [1.807, 2.05) is 49.5 Å². The summed E-state index contributed by atoms with van der Waals surface area (Å²) < 4.78 is 4.83. The van der Waals surface area contributed by atoms with E-state index in [-0.39, 0.29) is 18.4 Å². The number of hydrogen-bond donors (Lipinski definition) is 3. The summed E-state index contributed by atoms with van der Waals surface area (Å²) in [6.07, 6.45) is 0.374. The summed E-state index contributed by atoms with van der Waals surface area (Å²) in [6, 6.07) is 16.0. The number of nitrogens with one attached hydrogen (secondary N) is 3. The van der Waals surface area contributed by atoms with Gasteiger partial charge in [0.25, 0.3) is 11.8 Å². The zero-order chi connectivity index (χ0) is 21.2. The smallest absolute Gasteiger partial charge is 0.328 e. The SMILES string of the molecule is CNC(=O)c1ccc(C[NH+](C)CC(=O)N[C@H](Cc2ccccc2)C(=O)OC)cc1. The summed E-state index contributed by atoms with van der Waals surface area (Å²) in [5.74, 6) is -0.829. The molecule has 0 aromatic heterocycles. The Hall–Kier alpha value is -3.19. The van der Waals surface area contributed by atoms with Gasteiger partial charge in [-0.05, 0) is 17.7 Å². The fourth-order valence-electron chi connectivity index (χ4n) is 3.03. The van der Waals surface area contributed by atoms with Crippen LogP contribution in [0.5, 0.6) is 0 Å². The second-order valence-corrected chi connectivity index (χ2v) is 6.92. The molecule has 0 saturated heterocycles. The third-order valence-electron chi connectivity index (χ3n) is 4.51. The van der Waals surface area contributed by atoms with Crippen LogP contribution >= 0.6 is 0 Å². The van der Waals surface area contributed by atoms with Gasteiger partial charge in [-0.1, -0.05) is 42.5 Å². The second-order valence-electron chi connectivity index (χ2n) is 6.92. The van der Waals surface area contributed by atoms with Gasteiger partial charge in [-0.2, -0.15) is 0 Å². The second kappa shape index (κ2) is 11.0. The number of likely N-dealkylation sites (N-methyl/N-ethyl adjacent to an activating group) is 1. The number of carbonyl (C=O) groups is 3. The molecule has 2 rings (SSSR count). The van der Waals surface area contributed by atoms with Crippen LogP contribution in [0.25, 0.3) is 0 Å². The summed E-state index contributed by atoms with van der Waals surface area (Å²) >= 11 is 0. The highest BCUT2D eigenvalue weighted by atomic mass is 16.5. The first-order chi connectivity index (χ1) is 13.9. The van der Waals surface area contributed by atoms with Crippen LogP contribution in [0.1, 0.15) is 21.5 Å². The molecule has 0 aliphatic heterocycles. The van der Waals surface area contributed by atoms with Crippen molar-refractivity contribution in [3.63, 3.8) is 0 Å². The number of ether oxygens (including phenoxy) is 1. The van der Waals surface area contributed by atoms with Crippen molar-refractivity contribution in [1.29, 1.82) is 0 Å². The van der Waals surface area contributed by atoms with Crippen molar-refractivity contribution in [2.45, 2.75) is 19.0 Å². The van der Waals surface area contributed by atoms with Crippen molar-refractivity contribution in [2.24, 2.45) is 0 Å². The average Bonchev–Trinajstić information content (AvgIpc) is 2.73. The maximum absolute atomic E-state index is 12.5. The van der Waals surface area contributed by atoms with Gasteiger partial charge in [0.2, 0.25) is 0 Å². The van der Waals surface area contributed by atoms with Crippen LogP contribution in [0.2, 0.25) is 0 Å². The summed E-state index contributed by atoms with van der Waals surface area (Å²) in [4.78, 5) is 37.1. The van der Waals surface area contributed by atoms with E-state index in [0.717, 1.165) is 16.0 Å². The van der Waals surface area contributed by atoms with Crippen molar-refractivity contribution in [3.05, 3.63) is 71.3 Å². The maximum Gasteiger partial charge on any atom is 0.328 e. The molecule has 2 aromatic rings. The first-order valence-electron chi connectivity index (χ1n) is 9.46. The fourth-order valence-corrected chi connectivity index (χ4v) is 3.03. The van der Waals surface area contributed by atoms with E-state index >= 15 is 0 Å². The third kappa shape index (κ3) is 7.04. The van der Waals surface area contributed by atoms with Crippen LogP contribution in [0.4, 0.5) is 0 Å².